The summed E-state index contributed by atoms with van der Waals surface area (Å²) in [5, 5.41) is -0.175. The number of carbonyl (C=O) groups excluding carboxylic acids is 2. The maximum atomic E-state index is 12.7. The van der Waals surface area contributed by atoms with Crippen molar-refractivity contribution >= 4 is 35.0 Å². The maximum Gasteiger partial charge on any atom is 0.351 e. The smallest absolute Gasteiger partial charge is 0.351 e. The van der Waals surface area contributed by atoms with Crippen LogP contribution in [0.5, 0.6) is 0 Å². The highest BCUT2D eigenvalue weighted by atomic mass is 35.5. The maximum absolute atomic E-state index is 12.7. The molecule has 0 amide bonds. The Hall–Kier alpha value is -1.39. The van der Waals surface area contributed by atoms with Crippen LogP contribution >= 0.6 is 23.2 Å². The molecule has 2 rings (SSSR count). The summed E-state index contributed by atoms with van der Waals surface area (Å²) in [6.45, 7) is 0. The molecule has 0 aliphatic carbocycles. The van der Waals surface area contributed by atoms with Gasteiger partial charge in [-0.05, 0) is 24.3 Å². The fourth-order valence-corrected chi connectivity index (χ4v) is 1.89. The summed E-state index contributed by atoms with van der Waals surface area (Å²) >= 11 is 11.3. The Balaban J connectivity index is 2.09. The molecular formula is C12H7Cl2FO3. The number of halogens is 3. The average Bonchev–Trinajstić information content (AvgIpc) is 2.58. The number of Topliss-reactive ketones (excluding diaryl/α,β-unsaturated/α-hetero) is 1. The van der Waals surface area contributed by atoms with Crippen molar-refractivity contribution in [1.29, 1.82) is 0 Å². The van der Waals surface area contributed by atoms with E-state index in [0.29, 0.717) is 5.56 Å². The molecular weight excluding hydrogens is 282 g/mol. The van der Waals surface area contributed by atoms with Crippen molar-refractivity contribution in [2.24, 2.45) is 0 Å². The Morgan fingerprint density at radius 2 is 1.89 bits per heavy atom. The van der Waals surface area contributed by atoms with Gasteiger partial charge in [-0.15, -0.1) is 0 Å². The molecule has 0 saturated carbocycles. The molecule has 0 aromatic heterocycles. The van der Waals surface area contributed by atoms with Crippen LogP contribution in [0, 0.1) is 5.82 Å². The van der Waals surface area contributed by atoms with E-state index in [1.54, 1.807) is 0 Å². The Labute approximate surface area is 112 Å². The zero-order valence-electron chi connectivity index (χ0n) is 8.95. The molecule has 0 N–H and O–H groups in total. The van der Waals surface area contributed by atoms with Gasteiger partial charge < -0.3 is 4.74 Å². The summed E-state index contributed by atoms with van der Waals surface area (Å²) in [6.07, 6.45) is -0.976. The van der Waals surface area contributed by atoms with Crippen LogP contribution in [-0.4, -0.2) is 17.9 Å². The standard InChI is InChI=1S/C12H7Cl2FO3/c13-10-9(18-12(17)11(10)14)5-8(16)6-1-3-7(15)4-2-6/h1-4,9H,5H2/t9-/m1/s1. The van der Waals surface area contributed by atoms with E-state index >= 15 is 0 Å². The summed E-state index contributed by atoms with van der Waals surface area (Å²) in [6, 6.07) is 5.07. The molecule has 0 spiro atoms. The summed E-state index contributed by atoms with van der Waals surface area (Å²) in [4.78, 5) is 22.9. The highest BCUT2D eigenvalue weighted by Gasteiger charge is 2.33. The largest absolute Gasteiger partial charge is 0.452 e. The molecule has 18 heavy (non-hydrogen) atoms. The van der Waals surface area contributed by atoms with Gasteiger partial charge in [-0.3, -0.25) is 4.79 Å². The highest BCUT2D eigenvalue weighted by molar-refractivity contribution is 6.48. The minimum Gasteiger partial charge on any atom is -0.452 e. The van der Waals surface area contributed by atoms with E-state index in [4.69, 9.17) is 27.9 Å². The predicted molar refractivity (Wildman–Crippen MR) is 64.0 cm³/mol. The molecule has 1 heterocycles. The van der Waals surface area contributed by atoms with Crippen molar-refractivity contribution in [2.45, 2.75) is 12.5 Å². The third-order valence-electron chi connectivity index (χ3n) is 2.46. The first-order valence-corrected chi connectivity index (χ1v) is 5.79. The van der Waals surface area contributed by atoms with Crippen molar-refractivity contribution in [3.05, 3.63) is 45.7 Å². The van der Waals surface area contributed by atoms with Crippen molar-refractivity contribution < 1.29 is 18.7 Å². The number of esters is 1. The molecule has 3 nitrogen and oxygen atoms in total. The van der Waals surface area contributed by atoms with E-state index in [1.807, 2.05) is 0 Å². The summed E-state index contributed by atoms with van der Waals surface area (Å²) in [5.74, 6) is -1.48. The van der Waals surface area contributed by atoms with Crippen LogP contribution in [0.25, 0.3) is 0 Å². The monoisotopic (exact) mass is 288 g/mol. The van der Waals surface area contributed by atoms with Gasteiger partial charge in [-0.25, -0.2) is 9.18 Å². The van der Waals surface area contributed by atoms with Gasteiger partial charge in [-0.1, -0.05) is 23.2 Å². The van der Waals surface area contributed by atoms with Gasteiger partial charge in [0.1, 0.15) is 17.0 Å². The second-order valence-corrected chi connectivity index (χ2v) is 4.48. The van der Waals surface area contributed by atoms with E-state index in [-0.39, 0.29) is 22.3 Å². The summed E-state index contributed by atoms with van der Waals surface area (Å²) in [5.41, 5.74) is 0.319. The van der Waals surface area contributed by atoms with Crippen molar-refractivity contribution in [1.82, 2.24) is 0 Å². The first kappa shape index (κ1) is 13.1. The minimum absolute atomic E-state index is 0.0251. The Morgan fingerprint density at radius 1 is 1.28 bits per heavy atom. The molecule has 6 heteroatoms. The number of hydrogen-bond donors (Lipinski definition) is 0. The number of ketones is 1. The lowest BCUT2D eigenvalue weighted by atomic mass is 10.1. The van der Waals surface area contributed by atoms with Crippen molar-refractivity contribution in [3.63, 3.8) is 0 Å². The number of cyclic esters (lactones) is 1. The average molecular weight is 289 g/mol. The van der Waals surface area contributed by atoms with Crippen LogP contribution < -0.4 is 0 Å². The lowest BCUT2D eigenvalue weighted by Gasteiger charge is -2.09. The molecule has 0 saturated heterocycles. The minimum atomic E-state index is -0.857. The molecule has 0 bridgehead atoms. The number of carbonyl (C=O) groups is 2. The van der Waals surface area contributed by atoms with Crippen LogP contribution in [0.2, 0.25) is 0 Å². The van der Waals surface area contributed by atoms with Gasteiger partial charge in [0, 0.05) is 5.56 Å². The van der Waals surface area contributed by atoms with E-state index in [9.17, 15) is 14.0 Å². The zero-order chi connectivity index (χ0) is 13.3. The van der Waals surface area contributed by atoms with Crippen molar-refractivity contribution in [2.75, 3.05) is 0 Å². The Bertz CT molecular complexity index is 537. The van der Waals surface area contributed by atoms with Crippen molar-refractivity contribution in [3.8, 4) is 0 Å². The fraction of sp³-hybridized carbons (Fsp3) is 0.167. The van der Waals surface area contributed by atoms with Crippen LogP contribution in [0.15, 0.2) is 34.3 Å². The lowest BCUT2D eigenvalue weighted by Crippen LogP contribution is -2.15. The van der Waals surface area contributed by atoms with Gasteiger partial charge in [0.25, 0.3) is 0 Å². The van der Waals surface area contributed by atoms with Gasteiger partial charge in [0.05, 0.1) is 11.5 Å². The number of hydrogen-bond acceptors (Lipinski definition) is 3. The number of benzene rings is 1. The van der Waals surface area contributed by atoms with Gasteiger partial charge in [0.2, 0.25) is 0 Å². The van der Waals surface area contributed by atoms with Crippen LogP contribution in [0.4, 0.5) is 4.39 Å². The zero-order valence-corrected chi connectivity index (χ0v) is 10.5. The molecule has 0 unspecified atom stereocenters. The third kappa shape index (κ3) is 2.54. The topological polar surface area (TPSA) is 43.4 Å². The SMILES string of the molecule is O=C1O[C@H](CC(=O)c2ccc(F)cc2)C(Cl)=C1Cl. The van der Waals surface area contributed by atoms with E-state index in [0.717, 1.165) is 0 Å². The molecule has 1 aromatic carbocycles. The molecule has 94 valence electrons. The summed E-state index contributed by atoms with van der Waals surface area (Å²) < 4.78 is 17.5. The quantitative estimate of drug-likeness (QED) is 0.634. The second-order valence-electron chi connectivity index (χ2n) is 3.69. The molecule has 1 aliphatic heterocycles. The molecule has 0 radical (unpaired) electrons. The van der Waals surface area contributed by atoms with Gasteiger partial charge >= 0.3 is 5.97 Å². The number of ether oxygens (including phenoxy) is 1. The molecule has 1 atom stereocenters. The first-order valence-electron chi connectivity index (χ1n) is 5.04. The third-order valence-corrected chi connectivity index (χ3v) is 3.34. The van der Waals surface area contributed by atoms with Crippen LogP contribution in [-0.2, 0) is 9.53 Å². The Morgan fingerprint density at radius 3 is 2.39 bits per heavy atom. The lowest BCUT2D eigenvalue weighted by molar-refractivity contribution is -0.138. The van der Waals surface area contributed by atoms with E-state index < -0.39 is 17.9 Å². The van der Waals surface area contributed by atoms with E-state index in [1.165, 1.54) is 24.3 Å². The first-order chi connectivity index (χ1) is 8.49. The normalized spacial score (nSPS) is 19.1. The van der Waals surface area contributed by atoms with Crippen LogP contribution in [0.1, 0.15) is 16.8 Å². The molecule has 1 aliphatic rings. The van der Waals surface area contributed by atoms with Crippen LogP contribution in [0.3, 0.4) is 0 Å². The number of rotatable bonds is 3. The second kappa shape index (κ2) is 5.08. The summed E-state index contributed by atoms with van der Waals surface area (Å²) in [7, 11) is 0. The highest BCUT2D eigenvalue weighted by Crippen LogP contribution is 2.31. The Kier molecular flexibility index (Phi) is 3.68. The van der Waals surface area contributed by atoms with E-state index in [2.05, 4.69) is 0 Å². The molecule has 0 fully saturated rings. The predicted octanol–water partition coefficient (Wildman–Crippen LogP) is 3.01. The fourth-order valence-electron chi connectivity index (χ4n) is 1.52. The molecule has 1 aromatic rings. The van der Waals surface area contributed by atoms with Gasteiger partial charge in [0.15, 0.2) is 5.78 Å². The van der Waals surface area contributed by atoms with Gasteiger partial charge in [-0.2, -0.15) is 0 Å².